The van der Waals surface area contributed by atoms with Gasteiger partial charge in [-0.15, -0.1) is 0 Å². The molecule has 3 N–H and O–H groups in total. The van der Waals surface area contributed by atoms with Crippen molar-refractivity contribution in [2.45, 2.75) is 25.8 Å². The molecule has 4 rings (SSSR count). The lowest BCUT2D eigenvalue weighted by atomic mass is 10.1. The van der Waals surface area contributed by atoms with E-state index in [-0.39, 0.29) is 23.7 Å². The number of fused-ring (bicyclic) bond motifs is 2. The molecule has 184 valence electrons. The van der Waals surface area contributed by atoms with Gasteiger partial charge in [0, 0.05) is 35.5 Å². The normalized spacial score (nSPS) is 10.7. The SMILES string of the molecule is COc1cc(Cn2c3ccccc3c(=O)c3cc(NC(=O)CCCCN)ccc32)cc(OC)c1.[Cl-]. The number of nitrogens with zero attached hydrogens (tertiary/aromatic N) is 1. The number of rotatable bonds is 9. The number of anilines is 1. The van der Waals surface area contributed by atoms with Crippen LogP contribution in [0.3, 0.4) is 0 Å². The molecule has 0 saturated heterocycles. The highest BCUT2D eigenvalue weighted by atomic mass is 35.5. The number of nitrogens with two attached hydrogens (primary N) is 1. The molecule has 1 aromatic heterocycles. The number of hydrogen-bond acceptors (Lipinski definition) is 5. The van der Waals surface area contributed by atoms with Crippen molar-refractivity contribution in [2.75, 3.05) is 26.1 Å². The number of benzene rings is 3. The Morgan fingerprint density at radius 3 is 2.29 bits per heavy atom. The molecular formula is C27H29ClN3O4-. The Labute approximate surface area is 210 Å². The maximum Gasteiger partial charge on any atom is 0.224 e. The summed E-state index contributed by atoms with van der Waals surface area (Å²) in [6.07, 6.45) is 1.93. The van der Waals surface area contributed by atoms with E-state index in [1.54, 1.807) is 20.3 Å². The summed E-state index contributed by atoms with van der Waals surface area (Å²) in [5.41, 5.74) is 8.64. The number of nitrogens with one attached hydrogen (secondary N) is 1. The first kappa shape index (κ1) is 26.1. The molecule has 0 aliphatic rings. The van der Waals surface area contributed by atoms with Gasteiger partial charge in [-0.05, 0) is 67.4 Å². The maximum atomic E-state index is 13.4. The molecule has 0 bridgehead atoms. The lowest BCUT2D eigenvalue weighted by Gasteiger charge is -2.17. The lowest BCUT2D eigenvalue weighted by molar-refractivity contribution is -0.116. The molecule has 0 radical (unpaired) electrons. The minimum atomic E-state index is -0.0857. The van der Waals surface area contributed by atoms with Crippen LogP contribution < -0.4 is 38.4 Å². The third kappa shape index (κ3) is 5.75. The fourth-order valence-corrected chi connectivity index (χ4v) is 4.17. The zero-order chi connectivity index (χ0) is 24.1. The van der Waals surface area contributed by atoms with E-state index in [1.807, 2.05) is 54.6 Å². The van der Waals surface area contributed by atoms with Crippen molar-refractivity contribution in [2.24, 2.45) is 5.73 Å². The molecule has 35 heavy (non-hydrogen) atoms. The Morgan fingerprint density at radius 2 is 1.60 bits per heavy atom. The highest BCUT2D eigenvalue weighted by molar-refractivity contribution is 5.97. The number of carbonyl (C=O) groups is 1. The van der Waals surface area contributed by atoms with Gasteiger partial charge < -0.3 is 37.5 Å². The van der Waals surface area contributed by atoms with E-state index >= 15 is 0 Å². The van der Waals surface area contributed by atoms with E-state index in [1.165, 1.54) is 0 Å². The van der Waals surface area contributed by atoms with Crippen LogP contribution in [0.2, 0.25) is 0 Å². The van der Waals surface area contributed by atoms with E-state index in [9.17, 15) is 9.59 Å². The molecule has 4 aromatic rings. The second-order valence-electron chi connectivity index (χ2n) is 8.18. The summed E-state index contributed by atoms with van der Waals surface area (Å²) >= 11 is 0. The van der Waals surface area contributed by atoms with Gasteiger partial charge in [0.25, 0.3) is 0 Å². The highest BCUT2D eigenvalue weighted by Gasteiger charge is 2.13. The second kappa shape index (κ2) is 11.7. The third-order valence-corrected chi connectivity index (χ3v) is 5.87. The Kier molecular flexibility index (Phi) is 8.73. The maximum absolute atomic E-state index is 13.4. The van der Waals surface area contributed by atoms with Gasteiger partial charge in [-0.3, -0.25) is 9.59 Å². The number of carbonyl (C=O) groups excluding carboxylic acids is 1. The van der Waals surface area contributed by atoms with Crippen LogP contribution in [0.25, 0.3) is 21.8 Å². The first-order valence-corrected chi connectivity index (χ1v) is 11.3. The summed E-state index contributed by atoms with van der Waals surface area (Å²) in [5, 5.41) is 4.08. The molecule has 3 aromatic carbocycles. The zero-order valence-corrected chi connectivity index (χ0v) is 20.6. The highest BCUT2D eigenvalue weighted by Crippen LogP contribution is 2.27. The molecule has 7 nitrogen and oxygen atoms in total. The average molecular weight is 495 g/mol. The lowest BCUT2D eigenvalue weighted by Crippen LogP contribution is -3.00. The first-order valence-electron chi connectivity index (χ1n) is 11.3. The Bertz CT molecular complexity index is 1380. The molecule has 0 spiro atoms. The van der Waals surface area contributed by atoms with Crippen LogP contribution in [0.1, 0.15) is 24.8 Å². The summed E-state index contributed by atoms with van der Waals surface area (Å²) in [4.78, 5) is 25.7. The van der Waals surface area contributed by atoms with Crippen LogP contribution in [0, 0.1) is 0 Å². The third-order valence-electron chi connectivity index (χ3n) is 5.87. The van der Waals surface area contributed by atoms with Gasteiger partial charge in [-0.25, -0.2) is 0 Å². The van der Waals surface area contributed by atoms with Crippen molar-refractivity contribution in [3.63, 3.8) is 0 Å². The van der Waals surface area contributed by atoms with Crippen LogP contribution in [0.4, 0.5) is 5.69 Å². The van der Waals surface area contributed by atoms with Crippen molar-refractivity contribution >= 4 is 33.4 Å². The van der Waals surface area contributed by atoms with Gasteiger partial charge in [0.1, 0.15) is 11.5 Å². The predicted octanol–water partition coefficient (Wildman–Crippen LogP) is 1.29. The number of ether oxygens (including phenoxy) is 2. The molecule has 1 heterocycles. The second-order valence-corrected chi connectivity index (χ2v) is 8.18. The van der Waals surface area contributed by atoms with E-state index in [2.05, 4.69) is 9.88 Å². The standard InChI is InChI=1S/C27H29N3O4.ClH/c1-33-20-13-18(14-21(16-20)34-2)17-30-24-8-4-3-7-22(24)27(32)23-15-19(10-11-25(23)30)29-26(31)9-5-6-12-28;/h3-4,7-8,10-11,13-16H,5-6,9,12,17,28H2,1-2H3,(H,29,31);1H/p-1. The van der Waals surface area contributed by atoms with Gasteiger partial charge in [0.05, 0.1) is 25.3 Å². The van der Waals surface area contributed by atoms with Gasteiger partial charge in [0.15, 0.2) is 5.43 Å². The van der Waals surface area contributed by atoms with Crippen LogP contribution >= 0.6 is 0 Å². The number of methoxy groups -OCH3 is 2. The number of amides is 1. The number of hydrogen-bond donors (Lipinski definition) is 2. The van der Waals surface area contributed by atoms with Crippen molar-refractivity contribution in [3.05, 3.63) is 76.5 Å². The summed E-state index contributed by atoms with van der Waals surface area (Å²) in [7, 11) is 3.24. The van der Waals surface area contributed by atoms with Gasteiger partial charge in [-0.2, -0.15) is 0 Å². The molecular weight excluding hydrogens is 466 g/mol. The van der Waals surface area contributed by atoms with Gasteiger partial charge in [-0.1, -0.05) is 12.1 Å². The molecule has 0 saturated carbocycles. The molecule has 1 amide bonds. The number of halogens is 1. The quantitative estimate of drug-likeness (QED) is 0.270. The number of aromatic nitrogens is 1. The predicted molar refractivity (Wildman–Crippen MR) is 136 cm³/mol. The van der Waals surface area contributed by atoms with Crippen molar-refractivity contribution in [1.82, 2.24) is 4.57 Å². The number of para-hydroxylation sites is 1. The van der Waals surface area contributed by atoms with E-state index < -0.39 is 0 Å². The number of unbranched alkanes of at least 4 members (excludes halogenated alkanes) is 1. The Balaban J connectivity index is 0.00000342. The Hall–Kier alpha value is -3.55. The summed E-state index contributed by atoms with van der Waals surface area (Å²) in [6, 6.07) is 18.8. The minimum Gasteiger partial charge on any atom is -1.00 e. The molecule has 0 fully saturated rings. The summed E-state index contributed by atoms with van der Waals surface area (Å²) < 4.78 is 13.0. The molecule has 0 unspecified atom stereocenters. The topological polar surface area (TPSA) is 95.6 Å². The molecule has 8 heteroatoms. The smallest absolute Gasteiger partial charge is 0.224 e. The van der Waals surface area contributed by atoms with E-state index in [4.69, 9.17) is 15.2 Å². The van der Waals surface area contributed by atoms with Crippen molar-refractivity contribution in [3.8, 4) is 11.5 Å². The Morgan fingerprint density at radius 1 is 0.914 bits per heavy atom. The van der Waals surface area contributed by atoms with Crippen LogP contribution in [0.15, 0.2) is 65.5 Å². The van der Waals surface area contributed by atoms with E-state index in [0.717, 1.165) is 29.4 Å². The van der Waals surface area contributed by atoms with Crippen LogP contribution in [-0.2, 0) is 11.3 Å². The summed E-state index contributed by atoms with van der Waals surface area (Å²) in [6.45, 7) is 1.07. The van der Waals surface area contributed by atoms with Crippen molar-refractivity contribution < 1.29 is 26.7 Å². The van der Waals surface area contributed by atoms with Crippen molar-refractivity contribution in [1.29, 1.82) is 0 Å². The molecule has 0 aliphatic carbocycles. The van der Waals surface area contributed by atoms with Gasteiger partial charge >= 0.3 is 0 Å². The van der Waals surface area contributed by atoms with Gasteiger partial charge in [0.2, 0.25) is 5.91 Å². The molecule has 0 aliphatic heterocycles. The zero-order valence-electron chi connectivity index (χ0n) is 19.8. The van der Waals surface area contributed by atoms with Crippen LogP contribution in [-0.4, -0.2) is 31.2 Å². The van der Waals surface area contributed by atoms with Crippen LogP contribution in [0.5, 0.6) is 11.5 Å². The minimum absolute atomic E-state index is 0. The average Bonchev–Trinajstić information content (AvgIpc) is 2.86. The monoisotopic (exact) mass is 494 g/mol. The molecule has 0 atom stereocenters. The fraction of sp³-hybridized carbons (Fsp3) is 0.259. The first-order chi connectivity index (χ1) is 16.5. The largest absolute Gasteiger partial charge is 1.00 e. The van der Waals surface area contributed by atoms with E-state index in [0.29, 0.717) is 47.5 Å². The fourth-order valence-electron chi connectivity index (χ4n) is 4.17. The summed E-state index contributed by atoms with van der Waals surface area (Å²) in [5.74, 6) is 1.31. The number of pyridine rings is 1.